The number of aromatic nitrogens is 1. The molecule has 1 atom stereocenters. The summed E-state index contributed by atoms with van der Waals surface area (Å²) in [6.07, 6.45) is -0.821. The molecule has 8 nitrogen and oxygen atoms in total. The fourth-order valence-electron chi connectivity index (χ4n) is 2.83. The van der Waals surface area contributed by atoms with Crippen LogP contribution in [0.2, 0.25) is 10.0 Å². The van der Waals surface area contributed by atoms with E-state index in [0.717, 1.165) is 0 Å². The van der Waals surface area contributed by atoms with Crippen molar-refractivity contribution in [1.29, 1.82) is 0 Å². The highest BCUT2D eigenvalue weighted by molar-refractivity contribution is 6.38. The molecule has 1 fully saturated rings. The summed E-state index contributed by atoms with van der Waals surface area (Å²) in [5.74, 6) is -0.777. The third-order valence-electron chi connectivity index (χ3n) is 4.35. The number of rotatable bonds is 7. The number of ether oxygens (including phenoxy) is 1. The maximum absolute atomic E-state index is 14.2. The number of anilines is 2. The predicted molar refractivity (Wildman–Crippen MR) is 109 cm³/mol. The van der Waals surface area contributed by atoms with Crippen molar-refractivity contribution >= 4 is 40.7 Å². The van der Waals surface area contributed by atoms with Gasteiger partial charge in [0.05, 0.1) is 6.10 Å². The Labute approximate surface area is 176 Å². The van der Waals surface area contributed by atoms with Crippen molar-refractivity contribution in [3.63, 3.8) is 0 Å². The smallest absolute Gasteiger partial charge is 0.317 e. The maximum atomic E-state index is 14.2. The van der Waals surface area contributed by atoms with Crippen LogP contribution in [0.5, 0.6) is 11.5 Å². The van der Waals surface area contributed by atoms with Crippen molar-refractivity contribution < 1.29 is 19.0 Å². The second-order valence-corrected chi connectivity index (χ2v) is 7.18. The van der Waals surface area contributed by atoms with Crippen LogP contribution in [-0.2, 0) is 0 Å². The Kier molecular flexibility index (Phi) is 6.51. The summed E-state index contributed by atoms with van der Waals surface area (Å²) in [6.45, 7) is 3.42. The van der Waals surface area contributed by atoms with Gasteiger partial charge in [-0.05, 0) is 25.1 Å². The molecule has 1 saturated heterocycles. The molecule has 5 N–H and O–H groups in total. The summed E-state index contributed by atoms with van der Waals surface area (Å²) < 4.78 is 19.9. The number of benzene rings is 1. The van der Waals surface area contributed by atoms with Crippen LogP contribution >= 0.6 is 23.2 Å². The van der Waals surface area contributed by atoms with Crippen LogP contribution in [-0.4, -0.2) is 47.2 Å². The van der Waals surface area contributed by atoms with E-state index in [0.29, 0.717) is 37.4 Å². The molecule has 2 amide bonds. The lowest BCUT2D eigenvalue weighted by molar-refractivity contribution is 0.199. The Bertz CT molecular complexity index is 929. The zero-order valence-electron chi connectivity index (χ0n) is 15.5. The average molecular weight is 444 g/mol. The first-order valence-corrected chi connectivity index (χ1v) is 9.60. The monoisotopic (exact) mass is 443 g/mol. The number of nitrogens with two attached hydrogens (primary N) is 1. The molecule has 1 unspecified atom stereocenters. The number of aliphatic hydroxyl groups excluding tert-OH is 1. The summed E-state index contributed by atoms with van der Waals surface area (Å²) in [4.78, 5) is 16.9. The van der Waals surface area contributed by atoms with Crippen LogP contribution in [0.15, 0.2) is 18.2 Å². The van der Waals surface area contributed by atoms with Gasteiger partial charge in [0, 0.05) is 37.4 Å². The summed E-state index contributed by atoms with van der Waals surface area (Å²) in [5, 5.41) is 15.0. The molecule has 0 bridgehead atoms. The van der Waals surface area contributed by atoms with Crippen LogP contribution in [0, 0.1) is 5.95 Å². The summed E-state index contributed by atoms with van der Waals surface area (Å²) in [6, 6.07) is 4.46. The van der Waals surface area contributed by atoms with Gasteiger partial charge < -0.3 is 31.1 Å². The normalized spacial score (nSPS) is 14.7. The lowest BCUT2D eigenvalue weighted by Crippen LogP contribution is -2.32. The van der Waals surface area contributed by atoms with Gasteiger partial charge in [-0.1, -0.05) is 23.2 Å². The molecule has 2 heterocycles. The molecule has 0 saturated carbocycles. The maximum Gasteiger partial charge on any atom is 0.317 e. The molecule has 156 valence electrons. The largest absolute Gasteiger partial charge is 0.454 e. The second-order valence-electron chi connectivity index (χ2n) is 6.42. The molecule has 1 aliphatic rings. The number of aliphatic hydroxyl groups is 1. The molecule has 0 spiro atoms. The predicted octanol–water partition coefficient (Wildman–Crippen LogP) is 3.39. The van der Waals surface area contributed by atoms with E-state index in [1.54, 1.807) is 24.0 Å². The molecule has 29 heavy (non-hydrogen) atoms. The number of urea groups is 1. The number of carbonyl (C=O) groups excluding carboxylic acids is 1. The minimum absolute atomic E-state index is 0.0160. The molecule has 1 aliphatic heterocycles. The number of amides is 2. The molecular formula is C18H20Cl2FN5O3. The number of halogens is 3. The van der Waals surface area contributed by atoms with Gasteiger partial charge >= 0.3 is 6.03 Å². The van der Waals surface area contributed by atoms with E-state index in [9.17, 15) is 14.3 Å². The van der Waals surface area contributed by atoms with Gasteiger partial charge in [-0.3, -0.25) is 0 Å². The van der Waals surface area contributed by atoms with Crippen molar-refractivity contribution in [2.24, 2.45) is 0 Å². The topological polar surface area (TPSA) is 113 Å². The Hall–Kier alpha value is -2.49. The van der Waals surface area contributed by atoms with Gasteiger partial charge in [0.2, 0.25) is 5.95 Å². The van der Waals surface area contributed by atoms with Crippen molar-refractivity contribution in [2.45, 2.75) is 13.0 Å². The first-order valence-electron chi connectivity index (χ1n) is 8.84. The van der Waals surface area contributed by atoms with E-state index in [-0.39, 0.29) is 33.4 Å². The van der Waals surface area contributed by atoms with Crippen LogP contribution in [0.25, 0.3) is 0 Å². The molecule has 0 radical (unpaired) electrons. The van der Waals surface area contributed by atoms with Crippen molar-refractivity contribution in [3.05, 3.63) is 39.8 Å². The highest BCUT2D eigenvalue weighted by atomic mass is 35.5. The van der Waals surface area contributed by atoms with Crippen LogP contribution in [0.3, 0.4) is 0 Å². The highest BCUT2D eigenvalue weighted by Gasteiger charge is 2.22. The summed E-state index contributed by atoms with van der Waals surface area (Å²) in [7, 11) is 0. The van der Waals surface area contributed by atoms with E-state index in [4.69, 9.17) is 33.7 Å². The third kappa shape index (κ3) is 4.75. The number of pyridine rings is 1. The van der Waals surface area contributed by atoms with E-state index < -0.39 is 12.1 Å². The Morgan fingerprint density at radius 3 is 2.86 bits per heavy atom. The minimum atomic E-state index is -0.960. The van der Waals surface area contributed by atoms with Gasteiger partial charge in [0.15, 0.2) is 11.6 Å². The van der Waals surface area contributed by atoms with Crippen molar-refractivity contribution in [1.82, 2.24) is 15.2 Å². The Morgan fingerprint density at radius 1 is 1.45 bits per heavy atom. The lowest BCUT2D eigenvalue weighted by atomic mass is 10.1. The van der Waals surface area contributed by atoms with E-state index in [1.165, 1.54) is 6.07 Å². The first-order chi connectivity index (χ1) is 13.8. The standard InChI is InChI=1S/C18H20Cl2FN5O3/c1-9(27)11-8-10(2-3-12(11)22)29-15-13(19)16(21)25-17(14(15)20)23-4-6-26-7-5-24-18(26)28/h2-3,8-9,27H,4-7,22H2,1H3,(H,23,25)(H,24,28). The van der Waals surface area contributed by atoms with Crippen LogP contribution in [0.1, 0.15) is 18.6 Å². The molecule has 11 heteroatoms. The number of carbonyl (C=O) groups is 1. The molecule has 2 aromatic rings. The fourth-order valence-corrected chi connectivity index (χ4v) is 3.30. The average Bonchev–Trinajstić information content (AvgIpc) is 3.09. The zero-order chi connectivity index (χ0) is 21.1. The van der Waals surface area contributed by atoms with E-state index in [1.807, 2.05) is 0 Å². The van der Waals surface area contributed by atoms with E-state index in [2.05, 4.69) is 15.6 Å². The first kappa shape index (κ1) is 21.2. The number of hydrogen-bond donors (Lipinski definition) is 4. The van der Waals surface area contributed by atoms with Gasteiger partial charge in [0.1, 0.15) is 15.8 Å². The number of hydrogen-bond acceptors (Lipinski definition) is 6. The van der Waals surface area contributed by atoms with E-state index >= 15 is 0 Å². The molecule has 3 rings (SSSR count). The van der Waals surface area contributed by atoms with Gasteiger partial charge in [-0.2, -0.15) is 9.37 Å². The number of nitrogens with zero attached hydrogens (tertiary/aromatic N) is 2. The molecule has 0 aliphatic carbocycles. The number of nitrogen functional groups attached to an aromatic ring is 1. The second kappa shape index (κ2) is 8.89. The van der Waals surface area contributed by atoms with Gasteiger partial charge in [-0.15, -0.1) is 0 Å². The molecular weight excluding hydrogens is 424 g/mol. The summed E-state index contributed by atoms with van der Waals surface area (Å²) >= 11 is 12.3. The molecule has 1 aromatic carbocycles. The van der Waals surface area contributed by atoms with Crippen LogP contribution < -0.4 is 21.1 Å². The Morgan fingerprint density at radius 2 is 2.21 bits per heavy atom. The van der Waals surface area contributed by atoms with Crippen molar-refractivity contribution in [2.75, 3.05) is 37.2 Å². The summed E-state index contributed by atoms with van der Waals surface area (Å²) in [5.41, 5.74) is 6.67. The van der Waals surface area contributed by atoms with Gasteiger partial charge in [-0.25, -0.2) is 4.79 Å². The molecule has 1 aromatic heterocycles. The number of nitrogens with one attached hydrogen (secondary N) is 2. The lowest BCUT2D eigenvalue weighted by Gasteiger charge is -2.17. The highest BCUT2D eigenvalue weighted by Crippen LogP contribution is 2.41. The third-order valence-corrected chi connectivity index (χ3v) is 5.02. The quantitative estimate of drug-likeness (QED) is 0.385. The SMILES string of the molecule is CC(O)c1cc(Oc2c(Cl)c(F)nc(NCCN3CCNC3=O)c2Cl)ccc1N. The Balaban J connectivity index is 1.80. The van der Waals surface area contributed by atoms with Gasteiger partial charge in [0.25, 0.3) is 0 Å². The fraction of sp³-hybridized carbons (Fsp3) is 0.333. The minimum Gasteiger partial charge on any atom is -0.454 e. The van der Waals surface area contributed by atoms with Crippen LogP contribution in [0.4, 0.5) is 20.7 Å². The van der Waals surface area contributed by atoms with Crippen molar-refractivity contribution in [3.8, 4) is 11.5 Å². The zero-order valence-corrected chi connectivity index (χ0v) is 17.0.